The number of amides is 2. The van der Waals surface area contributed by atoms with E-state index in [1.807, 2.05) is 25.1 Å². The van der Waals surface area contributed by atoms with Crippen LogP contribution in [0.2, 0.25) is 0 Å². The number of aromatic nitrogens is 1. The van der Waals surface area contributed by atoms with Crippen molar-refractivity contribution < 1.29 is 4.79 Å². The molecule has 138 valence electrons. The zero-order valence-corrected chi connectivity index (χ0v) is 16.1. The second kappa shape index (κ2) is 7.80. The number of anilines is 2. The number of nitrogens with zero attached hydrogens (tertiary/aromatic N) is 2. The molecule has 0 aliphatic carbocycles. The van der Waals surface area contributed by atoms with E-state index in [0.717, 1.165) is 40.6 Å². The van der Waals surface area contributed by atoms with E-state index < -0.39 is 0 Å². The Balaban J connectivity index is 1.41. The average Bonchev–Trinajstić information content (AvgIpc) is 3.28. The van der Waals surface area contributed by atoms with E-state index in [1.54, 1.807) is 17.5 Å². The van der Waals surface area contributed by atoms with Crippen LogP contribution in [0, 0.1) is 6.92 Å². The van der Waals surface area contributed by atoms with Crippen molar-refractivity contribution in [1.29, 1.82) is 0 Å². The molecule has 0 atom stereocenters. The van der Waals surface area contributed by atoms with Crippen LogP contribution in [0.4, 0.5) is 16.2 Å². The molecule has 2 aromatic carbocycles. The maximum absolute atomic E-state index is 12.3. The van der Waals surface area contributed by atoms with Gasteiger partial charge in [-0.3, -0.25) is 0 Å². The lowest BCUT2D eigenvalue weighted by atomic mass is 10.1. The second-order valence-electron chi connectivity index (χ2n) is 6.61. The molecule has 0 radical (unpaired) electrons. The molecule has 6 heteroatoms. The molecule has 0 saturated heterocycles. The highest BCUT2D eigenvalue weighted by Gasteiger charge is 2.19. The predicted octanol–water partition coefficient (Wildman–Crippen LogP) is 4.34. The van der Waals surface area contributed by atoms with Crippen molar-refractivity contribution >= 4 is 28.7 Å². The first-order chi connectivity index (χ1) is 13.2. The fourth-order valence-corrected chi connectivity index (χ4v) is 4.11. The van der Waals surface area contributed by atoms with Crippen LogP contribution >= 0.6 is 11.3 Å². The molecule has 0 spiro atoms. The van der Waals surface area contributed by atoms with Gasteiger partial charge in [0.2, 0.25) is 0 Å². The predicted molar refractivity (Wildman–Crippen MR) is 110 cm³/mol. The summed E-state index contributed by atoms with van der Waals surface area (Å²) in [6.07, 6.45) is 2.87. The first-order valence-corrected chi connectivity index (χ1v) is 9.87. The van der Waals surface area contributed by atoms with Crippen LogP contribution in [0.25, 0.3) is 0 Å². The van der Waals surface area contributed by atoms with Crippen molar-refractivity contribution in [3.8, 4) is 0 Å². The molecule has 4 rings (SSSR count). The number of benzene rings is 2. The molecule has 27 heavy (non-hydrogen) atoms. The smallest absolute Gasteiger partial charge is 0.319 e. The fraction of sp³-hybridized carbons (Fsp3) is 0.238. The number of carbonyl (C=O) groups is 1. The van der Waals surface area contributed by atoms with Gasteiger partial charge in [0.15, 0.2) is 0 Å². The number of urea groups is 1. The van der Waals surface area contributed by atoms with E-state index >= 15 is 0 Å². The Bertz CT molecular complexity index is 953. The first-order valence-electron chi connectivity index (χ1n) is 9.06. The molecule has 0 fully saturated rings. The number of nitrogens with one attached hydrogen (secondary N) is 2. The highest BCUT2D eigenvalue weighted by atomic mass is 32.1. The van der Waals surface area contributed by atoms with Gasteiger partial charge in [0, 0.05) is 35.5 Å². The standard InChI is InChI=1S/C21H22N4OS/c1-15-22-12-18(27-15)13-23-21(26)24-19-8-4-2-7-17(19)14-25-11-10-16-6-3-5-9-20(16)25/h2-9,12H,10-11,13-14H2,1H3,(H2,23,24,26). The van der Waals surface area contributed by atoms with Gasteiger partial charge >= 0.3 is 6.03 Å². The van der Waals surface area contributed by atoms with Gasteiger partial charge in [-0.25, -0.2) is 9.78 Å². The third kappa shape index (κ3) is 4.11. The molecule has 0 bridgehead atoms. The van der Waals surface area contributed by atoms with E-state index in [1.165, 1.54) is 11.3 Å². The zero-order valence-electron chi connectivity index (χ0n) is 15.2. The van der Waals surface area contributed by atoms with Gasteiger partial charge in [-0.05, 0) is 36.6 Å². The molecule has 2 N–H and O–H groups in total. The van der Waals surface area contributed by atoms with Crippen LogP contribution < -0.4 is 15.5 Å². The SMILES string of the molecule is Cc1ncc(CNC(=O)Nc2ccccc2CN2CCc3ccccc32)s1. The molecule has 0 unspecified atom stereocenters. The summed E-state index contributed by atoms with van der Waals surface area (Å²) in [4.78, 5) is 20.0. The van der Waals surface area contributed by atoms with Crippen LogP contribution in [0.5, 0.6) is 0 Å². The molecule has 3 aromatic rings. The number of hydrogen-bond donors (Lipinski definition) is 2. The van der Waals surface area contributed by atoms with Gasteiger partial charge in [0.1, 0.15) is 0 Å². The van der Waals surface area contributed by atoms with Crippen LogP contribution in [0.3, 0.4) is 0 Å². The number of fused-ring (bicyclic) bond motifs is 1. The summed E-state index contributed by atoms with van der Waals surface area (Å²) < 4.78 is 0. The van der Waals surface area contributed by atoms with Gasteiger partial charge in [-0.15, -0.1) is 11.3 Å². The molecule has 2 heterocycles. The maximum atomic E-state index is 12.3. The van der Waals surface area contributed by atoms with Crippen molar-refractivity contribution in [3.05, 3.63) is 75.7 Å². The van der Waals surface area contributed by atoms with Gasteiger partial charge < -0.3 is 15.5 Å². The fourth-order valence-electron chi connectivity index (χ4n) is 3.38. The number of rotatable bonds is 5. The number of para-hydroxylation sites is 2. The van der Waals surface area contributed by atoms with Gasteiger partial charge in [-0.2, -0.15) is 0 Å². The van der Waals surface area contributed by atoms with E-state index in [2.05, 4.69) is 50.8 Å². The van der Waals surface area contributed by atoms with Crippen LogP contribution in [-0.4, -0.2) is 17.6 Å². The summed E-state index contributed by atoms with van der Waals surface area (Å²) >= 11 is 1.59. The van der Waals surface area contributed by atoms with Crippen molar-refractivity contribution in [1.82, 2.24) is 10.3 Å². The Hall–Kier alpha value is -2.86. The van der Waals surface area contributed by atoms with E-state index in [0.29, 0.717) is 6.54 Å². The Morgan fingerprint density at radius 2 is 2.00 bits per heavy atom. The molecular weight excluding hydrogens is 356 g/mol. The Morgan fingerprint density at radius 1 is 1.19 bits per heavy atom. The topological polar surface area (TPSA) is 57.3 Å². The Labute approximate surface area is 163 Å². The minimum absolute atomic E-state index is 0.199. The average molecular weight is 379 g/mol. The lowest BCUT2D eigenvalue weighted by Gasteiger charge is -2.21. The summed E-state index contributed by atoms with van der Waals surface area (Å²) in [6.45, 7) is 4.23. The molecule has 5 nitrogen and oxygen atoms in total. The van der Waals surface area contributed by atoms with E-state index in [-0.39, 0.29) is 6.03 Å². The first kappa shape index (κ1) is 17.5. The summed E-state index contributed by atoms with van der Waals surface area (Å²) in [7, 11) is 0. The monoisotopic (exact) mass is 378 g/mol. The minimum atomic E-state index is -0.199. The Kier molecular flexibility index (Phi) is 5.07. The summed E-state index contributed by atoms with van der Waals surface area (Å²) in [5.74, 6) is 0. The summed E-state index contributed by atoms with van der Waals surface area (Å²) in [5, 5.41) is 6.90. The van der Waals surface area contributed by atoms with Crippen molar-refractivity contribution in [2.75, 3.05) is 16.8 Å². The van der Waals surface area contributed by atoms with E-state index in [9.17, 15) is 4.79 Å². The number of carbonyl (C=O) groups excluding carboxylic acids is 1. The van der Waals surface area contributed by atoms with Crippen molar-refractivity contribution in [2.45, 2.75) is 26.4 Å². The lowest BCUT2D eigenvalue weighted by Crippen LogP contribution is -2.29. The van der Waals surface area contributed by atoms with Crippen LogP contribution in [-0.2, 0) is 19.5 Å². The number of aryl methyl sites for hydroxylation is 1. The summed E-state index contributed by atoms with van der Waals surface area (Å²) in [5.41, 5.74) is 4.63. The lowest BCUT2D eigenvalue weighted by molar-refractivity contribution is 0.252. The molecule has 1 aliphatic heterocycles. The molecular formula is C21H22N4OS. The van der Waals surface area contributed by atoms with Gasteiger partial charge in [0.05, 0.1) is 11.6 Å². The molecule has 1 aliphatic rings. The van der Waals surface area contributed by atoms with Gasteiger partial charge in [-0.1, -0.05) is 36.4 Å². The quantitative estimate of drug-likeness (QED) is 0.694. The highest BCUT2D eigenvalue weighted by molar-refractivity contribution is 7.11. The maximum Gasteiger partial charge on any atom is 0.319 e. The third-order valence-electron chi connectivity index (χ3n) is 4.70. The second-order valence-corrected chi connectivity index (χ2v) is 7.93. The largest absolute Gasteiger partial charge is 0.367 e. The number of thiazole rings is 1. The van der Waals surface area contributed by atoms with Crippen molar-refractivity contribution in [3.63, 3.8) is 0 Å². The summed E-state index contributed by atoms with van der Waals surface area (Å²) in [6, 6.07) is 16.3. The normalized spacial score (nSPS) is 12.7. The van der Waals surface area contributed by atoms with Gasteiger partial charge in [0.25, 0.3) is 0 Å². The van der Waals surface area contributed by atoms with E-state index in [4.69, 9.17) is 0 Å². The minimum Gasteiger partial charge on any atom is -0.367 e. The van der Waals surface area contributed by atoms with Crippen molar-refractivity contribution in [2.24, 2.45) is 0 Å². The third-order valence-corrected chi connectivity index (χ3v) is 5.62. The molecule has 0 saturated carbocycles. The molecule has 1 aromatic heterocycles. The van der Waals surface area contributed by atoms with Crippen LogP contribution in [0.1, 0.15) is 21.0 Å². The Morgan fingerprint density at radius 3 is 2.85 bits per heavy atom. The van der Waals surface area contributed by atoms with Crippen LogP contribution in [0.15, 0.2) is 54.7 Å². The number of hydrogen-bond acceptors (Lipinski definition) is 4. The highest BCUT2D eigenvalue weighted by Crippen LogP contribution is 2.30. The molecule has 2 amide bonds. The zero-order chi connectivity index (χ0) is 18.6.